The third-order valence-electron chi connectivity index (χ3n) is 3.22. The van der Waals surface area contributed by atoms with Gasteiger partial charge < -0.3 is 10.3 Å². The highest BCUT2D eigenvalue weighted by Crippen LogP contribution is 2.17. The third-order valence-corrected chi connectivity index (χ3v) is 5.07. The molecule has 0 aliphatic carbocycles. The monoisotopic (exact) mass is 288 g/mol. The number of rotatable bonds is 2. The Kier molecular flexibility index (Phi) is 3.37. The highest BCUT2D eigenvalue weighted by Gasteiger charge is 2.33. The summed E-state index contributed by atoms with van der Waals surface area (Å²) in [5.41, 5.74) is 4.29. The predicted molar refractivity (Wildman–Crippen MR) is 68.3 cm³/mol. The van der Waals surface area contributed by atoms with E-state index >= 15 is 0 Å². The first-order valence-electron chi connectivity index (χ1n) is 5.77. The van der Waals surface area contributed by atoms with Crippen LogP contribution in [0.5, 0.6) is 0 Å². The molecule has 0 spiro atoms. The highest BCUT2D eigenvalue weighted by atomic mass is 32.2. The van der Waals surface area contributed by atoms with Crippen LogP contribution in [0.15, 0.2) is 20.7 Å². The fraction of sp³-hybridized carbons (Fsp3) is 0.600. The van der Waals surface area contributed by atoms with Gasteiger partial charge in [0, 0.05) is 39.4 Å². The number of aryl methyl sites for hydroxylation is 1. The molecular formula is C10H16N4O4S. The zero-order valence-electron chi connectivity index (χ0n) is 10.7. The number of hydrogen-bond acceptors (Lipinski definition) is 5. The maximum absolute atomic E-state index is 12.4. The lowest BCUT2D eigenvalue weighted by atomic mass is 10.3. The van der Waals surface area contributed by atoms with Crippen LogP contribution in [-0.4, -0.2) is 41.0 Å². The van der Waals surface area contributed by atoms with Crippen LogP contribution >= 0.6 is 0 Å². The topological polar surface area (TPSA) is 107 Å². The molecule has 0 radical (unpaired) electrons. The third kappa shape index (κ3) is 2.24. The normalized spacial score (nSPS) is 20.9. The van der Waals surface area contributed by atoms with Crippen LogP contribution in [0, 0.1) is 0 Å². The molecule has 1 saturated heterocycles. The van der Waals surface area contributed by atoms with Crippen LogP contribution in [0.3, 0.4) is 0 Å². The van der Waals surface area contributed by atoms with Gasteiger partial charge in [0.15, 0.2) is 4.90 Å². The Morgan fingerprint density at radius 3 is 2.47 bits per heavy atom. The van der Waals surface area contributed by atoms with E-state index in [1.807, 2.05) is 0 Å². The van der Waals surface area contributed by atoms with Crippen molar-refractivity contribution in [1.82, 2.24) is 13.4 Å². The van der Waals surface area contributed by atoms with Crippen molar-refractivity contribution < 1.29 is 8.42 Å². The Morgan fingerprint density at radius 2 is 1.95 bits per heavy atom. The van der Waals surface area contributed by atoms with Crippen molar-refractivity contribution in [3.05, 3.63) is 27.0 Å². The zero-order chi connectivity index (χ0) is 14.4. The molecule has 0 bridgehead atoms. The molecule has 1 fully saturated rings. The van der Waals surface area contributed by atoms with Crippen molar-refractivity contribution in [2.24, 2.45) is 19.8 Å². The average Bonchev–Trinajstić information content (AvgIpc) is 2.78. The van der Waals surface area contributed by atoms with E-state index in [1.165, 1.54) is 18.4 Å². The Morgan fingerprint density at radius 1 is 1.32 bits per heavy atom. The summed E-state index contributed by atoms with van der Waals surface area (Å²) >= 11 is 0. The van der Waals surface area contributed by atoms with Crippen LogP contribution in [0.4, 0.5) is 0 Å². The van der Waals surface area contributed by atoms with Crippen molar-refractivity contribution in [1.29, 1.82) is 0 Å². The fourth-order valence-corrected chi connectivity index (χ4v) is 3.72. The number of aromatic nitrogens is 2. The summed E-state index contributed by atoms with van der Waals surface area (Å²) in [5.74, 6) is 0. The molecular weight excluding hydrogens is 272 g/mol. The van der Waals surface area contributed by atoms with Crippen LogP contribution in [0.25, 0.3) is 0 Å². The van der Waals surface area contributed by atoms with Crippen LogP contribution in [-0.2, 0) is 24.1 Å². The Balaban J connectivity index is 2.60. The first-order chi connectivity index (χ1) is 8.75. The lowest BCUT2D eigenvalue weighted by molar-refractivity contribution is 0.468. The van der Waals surface area contributed by atoms with Crippen LogP contribution < -0.4 is 17.0 Å². The SMILES string of the molecule is Cn1cc(S(=O)(=O)N2CC[C@@H](N)C2)c(=O)n(C)c1=O. The quantitative estimate of drug-likeness (QED) is 0.665. The zero-order valence-corrected chi connectivity index (χ0v) is 11.6. The van der Waals surface area contributed by atoms with Crippen molar-refractivity contribution >= 4 is 10.0 Å². The van der Waals surface area contributed by atoms with Gasteiger partial charge in [0.2, 0.25) is 10.0 Å². The van der Waals surface area contributed by atoms with E-state index in [2.05, 4.69) is 0 Å². The second kappa shape index (κ2) is 4.58. The van der Waals surface area contributed by atoms with Gasteiger partial charge in [-0.2, -0.15) is 4.31 Å². The molecule has 1 aliphatic heterocycles. The number of nitrogens with zero attached hydrogens (tertiary/aromatic N) is 3. The molecule has 1 aromatic heterocycles. The smallest absolute Gasteiger partial charge is 0.326 e. The van der Waals surface area contributed by atoms with E-state index in [1.54, 1.807) is 0 Å². The average molecular weight is 288 g/mol. The van der Waals surface area contributed by atoms with Gasteiger partial charge >= 0.3 is 5.69 Å². The van der Waals surface area contributed by atoms with Gasteiger partial charge in [-0.15, -0.1) is 0 Å². The summed E-state index contributed by atoms with van der Waals surface area (Å²) in [5, 5.41) is 0. The molecule has 0 amide bonds. The highest BCUT2D eigenvalue weighted by molar-refractivity contribution is 7.89. The van der Waals surface area contributed by atoms with Crippen molar-refractivity contribution in [2.75, 3.05) is 13.1 Å². The lowest BCUT2D eigenvalue weighted by Crippen LogP contribution is -2.42. The van der Waals surface area contributed by atoms with Gasteiger partial charge in [0.05, 0.1) is 0 Å². The van der Waals surface area contributed by atoms with Gasteiger partial charge in [-0.3, -0.25) is 9.36 Å². The largest absolute Gasteiger partial charge is 0.330 e. The molecule has 9 heteroatoms. The molecule has 8 nitrogen and oxygen atoms in total. The maximum atomic E-state index is 12.4. The lowest BCUT2D eigenvalue weighted by Gasteiger charge is -2.16. The number of nitrogens with two attached hydrogens (primary N) is 1. The minimum absolute atomic E-state index is 0.189. The van der Waals surface area contributed by atoms with Gasteiger partial charge in [0.25, 0.3) is 5.56 Å². The first kappa shape index (κ1) is 14.0. The summed E-state index contributed by atoms with van der Waals surface area (Å²) in [6, 6.07) is -0.217. The van der Waals surface area contributed by atoms with Gasteiger partial charge in [-0.25, -0.2) is 13.2 Å². The summed E-state index contributed by atoms with van der Waals surface area (Å²) in [4.78, 5) is 23.1. The van der Waals surface area contributed by atoms with Crippen LogP contribution in [0.1, 0.15) is 6.42 Å². The molecule has 0 unspecified atom stereocenters. The second-order valence-corrected chi connectivity index (χ2v) is 6.57. The van der Waals surface area contributed by atoms with Gasteiger partial charge in [0.1, 0.15) is 0 Å². The molecule has 1 aromatic rings. The molecule has 2 heterocycles. The van der Waals surface area contributed by atoms with E-state index in [0.29, 0.717) is 6.42 Å². The fourth-order valence-electron chi connectivity index (χ4n) is 2.06. The molecule has 0 saturated carbocycles. The van der Waals surface area contributed by atoms with E-state index < -0.39 is 26.2 Å². The van der Waals surface area contributed by atoms with Crippen molar-refractivity contribution in [2.45, 2.75) is 17.4 Å². The Labute approximate surface area is 110 Å². The molecule has 2 rings (SSSR count). The predicted octanol–water partition coefficient (Wildman–Crippen LogP) is -2.19. The van der Waals surface area contributed by atoms with Gasteiger partial charge in [-0.1, -0.05) is 0 Å². The standard InChI is InChI=1S/C10H16N4O4S/c1-12-6-8(9(15)13(2)10(12)16)19(17,18)14-4-3-7(11)5-14/h6-7H,3-5,11H2,1-2H3/t7-/m1/s1. The Bertz CT molecular complexity index is 718. The van der Waals surface area contributed by atoms with E-state index in [4.69, 9.17) is 5.73 Å². The number of sulfonamides is 1. The summed E-state index contributed by atoms with van der Waals surface area (Å²) < 4.78 is 27.8. The minimum atomic E-state index is -3.90. The molecule has 19 heavy (non-hydrogen) atoms. The molecule has 106 valence electrons. The first-order valence-corrected chi connectivity index (χ1v) is 7.21. The van der Waals surface area contributed by atoms with E-state index in [-0.39, 0.29) is 19.1 Å². The van der Waals surface area contributed by atoms with Crippen molar-refractivity contribution in [3.63, 3.8) is 0 Å². The molecule has 1 atom stereocenters. The number of hydrogen-bond donors (Lipinski definition) is 1. The van der Waals surface area contributed by atoms with E-state index in [9.17, 15) is 18.0 Å². The molecule has 2 N–H and O–H groups in total. The molecule has 1 aliphatic rings. The maximum Gasteiger partial charge on any atom is 0.330 e. The summed E-state index contributed by atoms with van der Waals surface area (Å²) in [6.45, 7) is 0.476. The van der Waals surface area contributed by atoms with Crippen molar-refractivity contribution in [3.8, 4) is 0 Å². The Hall–Kier alpha value is -1.45. The van der Waals surface area contributed by atoms with Crippen LogP contribution in [0.2, 0.25) is 0 Å². The second-order valence-electron chi connectivity index (χ2n) is 4.66. The van der Waals surface area contributed by atoms with E-state index in [0.717, 1.165) is 15.3 Å². The summed E-state index contributed by atoms with van der Waals surface area (Å²) in [6.07, 6.45) is 1.62. The van der Waals surface area contributed by atoms with Gasteiger partial charge in [-0.05, 0) is 6.42 Å². The minimum Gasteiger partial charge on any atom is -0.326 e. The molecule has 0 aromatic carbocycles. The summed E-state index contributed by atoms with van der Waals surface area (Å²) in [7, 11) is -1.26.